The van der Waals surface area contributed by atoms with Crippen LogP contribution in [-0.2, 0) is 28.5 Å². The molecule has 0 radical (unpaired) electrons. The van der Waals surface area contributed by atoms with Gasteiger partial charge in [-0.05, 0) is 79.9 Å². The number of carbonyl (C=O) groups is 2. The number of aliphatic hydroxyl groups excluding tert-OH is 2. The summed E-state index contributed by atoms with van der Waals surface area (Å²) in [4.78, 5) is 29.3. The van der Waals surface area contributed by atoms with Crippen molar-refractivity contribution in [3.8, 4) is 0 Å². The zero-order chi connectivity index (χ0) is 34.3. The average molecular weight is 643 g/mol. The summed E-state index contributed by atoms with van der Waals surface area (Å²) >= 11 is 0. The normalized spacial score (nSPS) is 42.7. The number of hydrogen-bond donors (Lipinski definition) is 4. The summed E-state index contributed by atoms with van der Waals surface area (Å²) in [5.41, 5.74) is -2.63. The Hall–Kier alpha value is -1.44. The number of carbonyl (C=O) groups excluding carboxylic acids is 2. The van der Waals surface area contributed by atoms with E-state index < -0.39 is 71.5 Å². The third-order valence-electron chi connectivity index (χ3n) is 10.3. The summed E-state index contributed by atoms with van der Waals surface area (Å²) in [6.07, 6.45) is -1.79. The fourth-order valence-electron chi connectivity index (χ4n) is 7.09. The molecule has 0 bridgehead atoms. The Balaban J connectivity index is 2.57. The van der Waals surface area contributed by atoms with Crippen LogP contribution in [0.1, 0.15) is 80.6 Å². The fourth-order valence-corrected chi connectivity index (χ4v) is 7.09. The molecule has 0 aliphatic carbocycles. The van der Waals surface area contributed by atoms with Crippen molar-refractivity contribution in [2.45, 2.75) is 135 Å². The number of aliphatic hydroxyl groups is 3. The van der Waals surface area contributed by atoms with Crippen LogP contribution < -0.4 is 5.32 Å². The molecule has 0 aromatic rings. The van der Waals surface area contributed by atoms with Gasteiger partial charge in [-0.2, -0.15) is 0 Å². The first kappa shape index (κ1) is 39.7. The molecule has 2 saturated heterocycles. The van der Waals surface area contributed by atoms with Gasteiger partial charge in [-0.25, -0.2) is 0 Å². The highest BCUT2D eigenvalue weighted by Crippen LogP contribution is 2.39. The lowest BCUT2D eigenvalue weighted by atomic mass is 9.73. The molecule has 45 heavy (non-hydrogen) atoms. The zero-order valence-electron chi connectivity index (χ0n) is 29.3. The van der Waals surface area contributed by atoms with E-state index in [1.165, 1.54) is 7.11 Å². The number of nitrogens with zero attached hydrogens (tertiary/aromatic N) is 1. The Morgan fingerprint density at radius 3 is 2.33 bits per heavy atom. The minimum atomic E-state index is -1.50. The molecule has 0 spiro atoms. The maximum Gasteiger partial charge on any atom is 0.311 e. The van der Waals surface area contributed by atoms with Gasteiger partial charge in [-0.1, -0.05) is 26.8 Å². The second-order valence-corrected chi connectivity index (χ2v) is 14.1. The van der Waals surface area contributed by atoms with Gasteiger partial charge < -0.3 is 44.5 Å². The van der Waals surface area contributed by atoms with E-state index in [-0.39, 0.29) is 30.8 Å². The molecule has 0 amide bonds. The Labute approximate surface area is 271 Å². The van der Waals surface area contributed by atoms with Gasteiger partial charge in [0.05, 0.1) is 29.8 Å². The topological polar surface area (TPSA) is 147 Å². The number of likely N-dealkylation sites (N-methyl/N-ethyl adjacent to an activating group) is 1. The van der Waals surface area contributed by atoms with E-state index in [0.29, 0.717) is 32.4 Å². The summed E-state index contributed by atoms with van der Waals surface area (Å²) in [6.45, 7) is 17.2. The third-order valence-corrected chi connectivity index (χ3v) is 10.3. The number of hydrogen-bond acceptors (Lipinski definition) is 11. The number of nitrogens with one attached hydrogen (secondary N) is 1. The van der Waals surface area contributed by atoms with E-state index in [2.05, 4.69) is 11.9 Å². The molecule has 0 unspecified atom stereocenters. The Kier molecular flexibility index (Phi) is 15.1. The second kappa shape index (κ2) is 17.1. The van der Waals surface area contributed by atoms with Gasteiger partial charge in [0, 0.05) is 38.0 Å². The number of esters is 1. The van der Waals surface area contributed by atoms with Crippen LogP contribution in [-0.4, -0.2) is 120 Å². The van der Waals surface area contributed by atoms with Crippen molar-refractivity contribution < 1.29 is 43.9 Å². The molecule has 2 heterocycles. The molecule has 0 aromatic carbocycles. The molecule has 2 rings (SSSR count). The van der Waals surface area contributed by atoms with Crippen LogP contribution in [0.15, 0.2) is 12.7 Å². The Bertz CT molecular complexity index is 962. The lowest BCUT2D eigenvalue weighted by Gasteiger charge is -2.48. The number of Topliss-reactive ketones (excluding diaryl/α,β-unsaturated/α-hetero) is 1. The third kappa shape index (κ3) is 9.79. The minimum Gasteiger partial charge on any atom is -0.459 e. The van der Waals surface area contributed by atoms with Crippen molar-refractivity contribution in [2.75, 3.05) is 34.3 Å². The van der Waals surface area contributed by atoms with Crippen LogP contribution in [0.4, 0.5) is 0 Å². The number of cyclic esters (lactones) is 1. The molecule has 2 aliphatic heterocycles. The van der Waals surface area contributed by atoms with Gasteiger partial charge in [-0.15, -0.1) is 6.58 Å². The maximum absolute atomic E-state index is 13.9. The standard InChI is InChI=1S/C34H62N2O9/c1-12-15-35-16-14-24-18-26(37)20(3)19-33(7,42-11)30(45-32-29(39)25(36(9)10)17-21(4)43-32)22(5)28(38)23(6)31(40)44-27(13-2)34(24,8)41/h12,20-25,27-30,32,35,38-39,41H,1,13-19H2,2-11H3/t20-,21-,22+,23-,24-,25+,27-,28-,29-,30-,32+,33-,34+/m1/s1. The molecule has 11 heteroatoms. The van der Waals surface area contributed by atoms with Crippen LogP contribution in [0, 0.1) is 23.7 Å². The van der Waals surface area contributed by atoms with Crippen molar-refractivity contribution in [1.82, 2.24) is 10.2 Å². The van der Waals surface area contributed by atoms with Crippen LogP contribution in [0.5, 0.6) is 0 Å². The lowest BCUT2D eigenvalue weighted by molar-refractivity contribution is -0.301. The van der Waals surface area contributed by atoms with E-state index in [9.17, 15) is 24.9 Å². The quantitative estimate of drug-likeness (QED) is 0.158. The SMILES string of the molecule is C=CCNCC[C@@H]1CC(=O)[C@H](C)C[C@@](C)(OC)[C@H](O[C@@H]2O[C@H](C)C[C@H](N(C)C)[C@H]2O)[C@@H](C)[C@@H](O)[C@@H](C)C(=O)O[C@H](CC)[C@@]1(C)O. The Morgan fingerprint density at radius 1 is 1.13 bits per heavy atom. The first-order chi connectivity index (χ1) is 20.9. The molecule has 0 saturated carbocycles. The minimum absolute atomic E-state index is 0.0684. The number of rotatable bonds is 10. The highest BCUT2D eigenvalue weighted by Gasteiger charge is 2.50. The van der Waals surface area contributed by atoms with Crippen molar-refractivity contribution in [2.24, 2.45) is 23.7 Å². The molecule has 2 fully saturated rings. The van der Waals surface area contributed by atoms with Crippen LogP contribution in [0.2, 0.25) is 0 Å². The summed E-state index contributed by atoms with van der Waals surface area (Å²) in [7, 11) is 5.31. The molecule has 11 nitrogen and oxygen atoms in total. The van der Waals surface area contributed by atoms with E-state index in [1.807, 2.05) is 46.7 Å². The van der Waals surface area contributed by atoms with Gasteiger partial charge in [-0.3, -0.25) is 9.59 Å². The van der Waals surface area contributed by atoms with Crippen LogP contribution in [0.3, 0.4) is 0 Å². The van der Waals surface area contributed by atoms with Gasteiger partial charge in [0.15, 0.2) is 6.29 Å². The highest BCUT2D eigenvalue weighted by atomic mass is 16.7. The first-order valence-electron chi connectivity index (χ1n) is 16.6. The smallest absolute Gasteiger partial charge is 0.311 e. The number of ketones is 1. The molecule has 0 aromatic heterocycles. The lowest BCUT2D eigenvalue weighted by Crippen LogP contribution is -2.59. The highest BCUT2D eigenvalue weighted by molar-refractivity contribution is 5.81. The first-order valence-corrected chi connectivity index (χ1v) is 16.6. The summed E-state index contributed by atoms with van der Waals surface area (Å²) in [5.74, 6) is -3.43. The molecular weight excluding hydrogens is 580 g/mol. The van der Waals surface area contributed by atoms with Gasteiger partial charge in [0.25, 0.3) is 0 Å². The van der Waals surface area contributed by atoms with Crippen LogP contribution in [0.25, 0.3) is 0 Å². The molecular formula is C34H62N2O9. The fraction of sp³-hybridized carbons (Fsp3) is 0.882. The van der Waals surface area contributed by atoms with E-state index in [0.717, 1.165) is 0 Å². The Morgan fingerprint density at radius 2 is 1.78 bits per heavy atom. The van der Waals surface area contributed by atoms with E-state index >= 15 is 0 Å². The van der Waals surface area contributed by atoms with Gasteiger partial charge in [0.2, 0.25) is 0 Å². The van der Waals surface area contributed by atoms with Gasteiger partial charge >= 0.3 is 5.97 Å². The van der Waals surface area contributed by atoms with E-state index in [1.54, 1.807) is 26.8 Å². The predicted molar refractivity (Wildman–Crippen MR) is 172 cm³/mol. The monoisotopic (exact) mass is 642 g/mol. The zero-order valence-corrected chi connectivity index (χ0v) is 29.3. The maximum atomic E-state index is 13.9. The van der Waals surface area contributed by atoms with Gasteiger partial charge in [0.1, 0.15) is 23.6 Å². The summed E-state index contributed by atoms with van der Waals surface area (Å²) < 4.78 is 24.7. The number of ether oxygens (including phenoxy) is 4. The summed E-state index contributed by atoms with van der Waals surface area (Å²) in [6, 6.07) is -0.225. The summed E-state index contributed by atoms with van der Waals surface area (Å²) in [5, 5.41) is 38.0. The molecule has 13 atom stereocenters. The average Bonchev–Trinajstić information content (AvgIpc) is 2.99. The largest absolute Gasteiger partial charge is 0.459 e. The predicted octanol–water partition coefficient (Wildman–Crippen LogP) is 2.69. The second-order valence-electron chi connectivity index (χ2n) is 14.1. The van der Waals surface area contributed by atoms with Crippen molar-refractivity contribution in [1.29, 1.82) is 0 Å². The van der Waals surface area contributed by atoms with Crippen molar-refractivity contribution >= 4 is 11.8 Å². The van der Waals surface area contributed by atoms with E-state index in [4.69, 9.17) is 18.9 Å². The van der Waals surface area contributed by atoms with Crippen molar-refractivity contribution in [3.05, 3.63) is 12.7 Å². The molecule has 4 N–H and O–H groups in total. The molecule has 262 valence electrons. The van der Waals surface area contributed by atoms with Crippen molar-refractivity contribution in [3.63, 3.8) is 0 Å². The molecule has 2 aliphatic rings. The van der Waals surface area contributed by atoms with Crippen LogP contribution >= 0.6 is 0 Å². The number of methoxy groups -OCH3 is 1.